The molecule has 3 fully saturated rings. The quantitative estimate of drug-likeness (QED) is 0.0784. The number of pyridine rings is 1. The summed E-state index contributed by atoms with van der Waals surface area (Å²) in [7, 11) is 1.93. The van der Waals surface area contributed by atoms with Crippen molar-refractivity contribution in [3.8, 4) is 16.9 Å². The maximum Gasteiger partial charge on any atom is 0.358 e. The Kier molecular flexibility index (Phi) is 15.1. The third-order valence-corrected chi connectivity index (χ3v) is 17.3. The molecule has 1 saturated carbocycles. The van der Waals surface area contributed by atoms with Crippen molar-refractivity contribution in [2.75, 3.05) is 54.4 Å². The van der Waals surface area contributed by atoms with Crippen LogP contribution in [-0.4, -0.2) is 99.3 Å². The van der Waals surface area contributed by atoms with Crippen LogP contribution < -0.4 is 25.2 Å². The number of hydrogen-bond acceptors (Lipinski definition) is 13. The Labute approximate surface area is 460 Å². The Morgan fingerprint density at radius 3 is 2.42 bits per heavy atom. The van der Waals surface area contributed by atoms with Gasteiger partial charge in [-0.1, -0.05) is 61.1 Å². The minimum atomic E-state index is -0.732. The summed E-state index contributed by atoms with van der Waals surface area (Å²) < 4.78 is 15.7. The van der Waals surface area contributed by atoms with Crippen molar-refractivity contribution in [3.05, 3.63) is 125 Å². The number of carbonyl (C=O) groups is 4. The summed E-state index contributed by atoms with van der Waals surface area (Å²) in [5.74, 6) is 1.20. The number of carbonyl (C=O) groups excluding carboxylic acids is 4. The number of aromatic nitrogens is 4. The number of fused-ring (bicyclic) bond motifs is 3. The minimum absolute atomic E-state index is 0.121. The molecule has 2 N–H and O–H groups in total. The average Bonchev–Trinajstić information content (AvgIpc) is 4.11. The molecule has 3 aromatic heterocycles. The number of benzene rings is 4. The first-order chi connectivity index (χ1) is 37.6. The summed E-state index contributed by atoms with van der Waals surface area (Å²) in [6.45, 7) is 16.3. The van der Waals surface area contributed by atoms with Gasteiger partial charge in [-0.05, 0) is 161 Å². The smallest absolute Gasteiger partial charge is 0.358 e. The van der Waals surface area contributed by atoms with Crippen LogP contribution in [0.1, 0.15) is 128 Å². The number of piperazine rings is 1. The van der Waals surface area contributed by atoms with Gasteiger partial charge in [-0.2, -0.15) is 5.10 Å². The van der Waals surface area contributed by atoms with Crippen molar-refractivity contribution in [2.45, 2.75) is 117 Å². The second-order valence-electron chi connectivity index (χ2n) is 23.0. The number of imide groups is 1. The SMILES string of the molecule is Cc1c(OC2CCC(CC[C@H](C)CN3CCN(c4ccc5c([C@@H]6CCC(=O)NC6=O)nn(C)c5c4)CC3)CC2)cccc1-c1ccc(N2CCc3cccc(C(=O)Nc4nc5ccccc5s4)c3C2)nc1C(=O)OC(C)(C)C. The number of thiazole rings is 1. The Hall–Kier alpha value is -7.17. The molecule has 0 unspecified atom stereocenters. The highest BCUT2D eigenvalue weighted by molar-refractivity contribution is 7.22. The van der Waals surface area contributed by atoms with Crippen LogP contribution >= 0.6 is 11.3 Å². The molecule has 11 rings (SSSR count). The molecule has 78 heavy (non-hydrogen) atoms. The second kappa shape index (κ2) is 22.3. The van der Waals surface area contributed by atoms with E-state index in [4.69, 9.17) is 19.6 Å². The maximum atomic E-state index is 14.1. The first kappa shape index (κ1) is 52.9. The van der Waals surface area contributed by atoms with Gasteiger partial charge in [0.25, 0.3) is 5.91 Å². The molecule has 2 saturated heterocycles. The predicted octanol–water partition coefficient (Wildman–Crippen LogP) is 11.0. The van der Waals surface area contributed by atoms with Crippen LogP contribution in [0.5, 0.6) is 5.75 Å². The zero-order valence-electron chi connectivity index (χ0n) is 45.8. The number of amides is 3. The Balaban J connectivity index is 0.684. The fourth-order valence-electron chi connectivity index (χ4n) is 12.1. The second-order valence-corrected chi connectivity index (χ2v) is 24.0. The standard InChI is InChI=1S/C62H71N9O6S/c1-38(36-69-31-33-70(34-32-69)42-21-24-47-51(35-42)68(6)67-56(47)48-26-28-55(72)65-59(48)74)17-18-40-19-22-43(23-20-40)76-52-15-10-12-44(39(52)2)45-25-27-54(64-57(45)60(75)77-62(3,4)5)71-30-29-41-11-9-13-46(49(41)37-71)58(73)66-61-63-50-14-7-8-16-53(50)78-61/h7-16,21,24-25,27,35,38,40,43,48H,17-20,22-23,26,28-34,36-37H2,1-6H3,(H,63,66,73)(H,65,72,74)/t38-,40?,43?,48-/m0/s1. The van der Waals surface area contributed by atoms with E-state index in [0.717, 1.165) is 120 Å². The summed E-state index contributed by atoms with van der Waals surface area (Å²) in [5, 5.41) is 11.8. The Morgan fingerprint density at radius 2 is 1.64 bits per heavy atom. The lowest BCUT2D eigenvalue weighted by atomic mass is 9.83. The number of aryl methyl sites for hydroxylation is 1. The van der Waals surface area contributed by atoms with Gasteiger partial charge in [0.05, 0.1) is 33.4 Å². The van der Waals surface area contributed by atoms with Crippen molar-refractivity contribution < 1.29 is 28.7 Å². The van der Waals surface area contributed by atoms with Crippen LogP contribution in [0.15, 0.2) is 91.0 Å². The van der Waals surface area contributed by atoms with Crippen molar-refractivity contribution in [1.82, 2.24) is 30.0 Å². The number of hydrogen-bond donors (Lipinski definition) is 2. The molecule has 4 aliphatic rings. The summed E-state index contributed by atoms with van der Waals surface area (Å²) in [6.07, 6.45) is 8.43. The van der Waals surface area contributed by atoms with E-state index in [-0.39, 0.29) is 29.5 Å². The van der Waals surface area contributed by atoms with Gasteiger partial charge in [0.2, 0.25) is 11.8 Å². The van der Waals surface area contributed by atoms with Crippen LogP contribution in [0, 0.1) is 18.8 Å². The van der Waals surface area contributed by atoms with Gasteiger partial charge in [0, 0.05) is 81.5 Å². The molecule has 3 aliphatic heterocycles. The number of nitrogens with zero attached hydrogens (tertiary/aromatic N) is 7. The summed E-state index contributed by atoms with van der Waals surface area (Å²) in [5.41, 5.74) is 8.46. The highest BCUT2D eigenvalue weighted by atomic mass is 32.1. The zero-order chi connectivity index (χ0) is 54.2. The van der Waals surface area contributed by atoms with Gasteiger partial charge in [-0.15, -0.1) is 0 Å². The number of ether oxygens (including phenoxy) is 2. The molecule has 3 amide bonds. The van der Waals surface area contributed by atoms with E-state index in [1.165, 1.54) is 29.9 Å². The molecule has 406 valence electrons. The summed E-state index contributed by atoms with van der Waals surface area (Å²) in [6, 6.07) is 30.2. The van der Waals surface area contributed by atoms with E-state index < -0.39 is 17.5 Å². The molecular formula is C62H71N9O6S. The van der Waals surface area contributed by atoms with Gasteiger partial charge < -0.3 is 19.3 Å². The molecule has 6 heterocycles. The molecule has 0 radical (unpaired) electrons. The maximum absolute atomic E-state index is 14.1. The number of nitrogens with one attached hydrogen (secondary N) is 2. The van der Waals surface area contributed by atoms with E-state index >= 15 is 0 Å². The van der Waals surface area contributed by atoms with E-state index in [9.17, 15) is 19.2 Å². The number of esters is 1. The topological polar surface area (TPSA) is 164 Å². The average molecular weight is 1070 g/mol. The summed E-state index contributed by atoms with van der Waals surface area (Å²) >= 11 is 1.45. The monoisotopic (exact) mass is 1070 g/mol. The van der Waals surface area contributed by atoms with Crippen LogP contribution in [0.3, 0.4) is 0 Å². The van der Waals surface area contributed by atoms with E-state index in [1.54, 1.807) is 0 Å². The van der Waals surface area contributed by atoms with E-state index in [2.05, 4.69) is 68.4 Å². The molecule has 2 atom stereocenters. The molecule has 0 spiro atoms. The van der Waals surface area contributed by atoms with Crippen LogP contribution in [0.2, 0.25) is 0 Å². The van der Waals surface area contributed by atoms with Crippen LogP contribution in [-0.2, 0) is 34.3 Å². The van der Waals surface area contributed by atoms with Gasteiger partial charge in [-0.3, -0.25) is 34.6 Å². The molecule has 16 heteroatoms. The highest BCUT2D eigenvalue weighted by Crippen LogP contribution is 2.39. The molecule has 1 aliphatic carbocycles. The largest absolute Gasteiger partial charge is 0.490 e. The Morgan fingerprint density at radius 1 is 0.846 bits per heavy atom. The third kappa shape index (κ3) is 11.5. The van der Waals surface area contributed by atoms with Crippen molar-refractivity contribution >= 4 is 72.8 Å². The normalized spacial score (nSPS) is 19.6. The van der Waals surface area contributed by atoms with Gasteiger partial charge in [0.15, 0.2) is 10.8 Å². The highest BCUT2D eigenvalue weighted by Gasteiger charge is 2.33. The fraction of sp³-hybridized carbons (Fsp3) is 0.435. The predicted molar refractivity (Wildman–Crippen MR) is 308 cm³/mol. The summed E-state index contributed by atoms with van der Waals surface area (Å²) in [4.78, 5) is 69.3. The molecule has 7 aromatic rings. The molecule has 4 aromatic carbocycles. The number of anilines is 3. The molecular weight excluding hydrogens is 999 g/mol. The first-order valence-corrected chi connectivity index (χ1v) is 28.7. The lowest BCUT2D eigenvalue weighted by Crippen LogP contribution is -2.47. The van der Waals surface area contributed by atoms with Gasteiger partial charge >= 0.3 is 5.97 Å². The lowest BCUT2D eigenvalue weighted by molar-refractivity contribution is -0.134. The van der Waals surface area contributed by atoms with Crippen molar-refractivity contribution in [2.24, 2.45) is 18.9 Å². The van der Waals surface area contributed by atoms with Crippen molar-refractivity contribution in [1.29, 1.82) is 0 Å². The van der Waals surface area contributed by atoms with E-state index in [0.29, 0.717) is 59.8 Å². The zero-order valence-corrected chi connectivity index (χ0v) is 46.6. The first-order valence-electron chi connectivity index (χ1n) is 27.9. The third-order valence-electron chi connectivity index (χ3n) is 16.3. The molecule has 15 nitrogen and oxygen atoms in total. The Bertz CT molecular complexity index is 3370. The fourth-order valence-corrected chi connectivity index (χ4v) is 12.9. The number of piperidine rings is 1. The lowest BCUT2D eigenvalue weighted by Gasteiger charge is -2.37. The number of rotatable bonds is 14. The van der Waals surface area contributed by atoms with Gasteiger partial charge in [0.1, 0.15) is 17.2 Å². The van der Waals surface area contributed by atoms with Crippen LogP contribution in [0.4, 0.5) is 16.6 Å². The minimum Gasteiger partial charge on any atom is -0.490 e. The van der Waals surface area contributed by atoms with Gasteiger partial charge in [-0.25, -0.2) is 14.8 Å². The van der Waals surface area contributed by atoms with Crippen molar-refractivity contribution in [3.63, 3.8) is 0 Å². The molecule has 0 bridgehead atoms. The number of para-hydroxylation sites is 1. The van der Waals surface area contributed by atoms with Crippen LogP contribution in [0.25, 0.3) is 32.2 Å². The van der Waals surface area contributed by atoms with E-state index in [1.807, 2.05) is 99.2 Å².